The van der Waals surface area contributed by atoms with Gasteiger partial charge in [0.1, 0.15) is 11.9 Å². The third kappa shape index (κ3) is 2.11. The number of hydrogen-bond donors (Lipinski definition) is 1. The summed E-state index contributed by atoms with van der Waals surface area (Å²) >= 11 is 0. The van der Waals surface area contributed by atoms with Crippen molar-refractivity contribution in [2.45, 2.75) is 25.7 Å². The molecule has 0 bridgehead atoms. The smallest absolute Gasteiger partial charge is 0.163 e. The Hall–Kier alpha value is -1.13. The molecule has 0 aliphatic carbocycles. The summed E-state index contributed by atoms with van der Waals surface area (Å²) in [4.78, 5) is 0. The molecular weight excluding hydrogens is 197 g/mol. The second kappa shape index (κ2) is 3.47. The molecule has 1 aliphatic rings. The van der Waals surface area contributed by atoms with Gasteiger partial charge in [-0.2, -0.15) is 0 Å². The third-order valence-electron chi connectivity index (χ3n) is 2.38. The average molecular weight is 211 g/mol. The number of halogens is 1. The van der Waals surface area contributed by atoms with E-state index in [0.29, 0.717) is 17.9 Å². The van der Waals surface area contributed by atoms with Crippen molar-refractivity contribution in [1.29, 1.82) is 0 Å². The zero-order chi connectivity index (χ0) is 11.1. The van der Waals surface area contributed by atoms with Gasteiger partial charge in [0, 0.05) is 11.3 Å². The first-order valence-electron chi connectivity index (χ1n) is 4.85. The standard InChI is InChI=1S/C11H14FNO2/c1-11(2)14-6-10(15-11)8-4-3-7(13)5-9(8)12/h3-5,10H,6,13H2,1-2H3. The van der Waals surface area contributed by atoms with E-state index in [1.165, 1.54) is 6.07 Å². The number of hydrogen-bond acceptors (Lipinski definition) is 3. The number of nitrogen functional groups attached to an aromatic ring is 1. The van der Waals surface area contributed by atoms with Gasteiger partial charge in [-0.25, -0.2) is 4.39 Å². The van der Waals surface area contributed by atoms with Crippen molar-refractivity contribution in [2.24, 2.45) is 0 Å². The summed E-state index contributed by atoms with van der Waals surface area (Å²) in [5.74, 6) is -0.986. The molecule has 1 aromatic carbocycles. The van der Waals surface area contributed by atoms with E-state index in [1.807, 2.05) is 13.8 Å². The van der Waals surface area contributed by atoms with Crippen LogP contribution in [0.3, 0.4) is 0 Å². The van der Waals surface area contributed by atoms with E-state index < -0.39 is 5.79 Å². The van der Waals surface area contributed by atoms with Crippen LogP contribution >= 0.6 is 0 Å². The normalized spacial score (nSPS) is 24.3. The Kier molecular flexibility index (Phi) is 2.40. The predicted octanol–water partition coefficient (Wildman–Crippen LogP) is 2.23. The quantitative estimate of drug-likeness (QED) is 0.724. The van der Waals surface area contributed by atoms with Crippen molar-refractivity contribution < 1.29 is 13.9 Å². The van der Waals surface area contributed by atoms with Crippen LogP contribution < -0.4 is 5.73 Å². The molecule has 15 heavy (non-hydrogen) atoms. The zero-order valence-electron chi connectivity index (χ0n) is 8.79. The highest BCUT2D eigenvalue weighted by molar-refractivity contribution is 5.41. The van der Waals surface area contributed by atoms with Crippen LogP contribution in [0.25, 0.3) is 0 Å². The summed E-state index contributed by atoms with van der Waals surface area (Å²) in [5.41, 5.74) is 6.37. The molecule has 1 saturated heterocycles. The lowest BCUT2D eigenvalue weighted by atomic mass is 10.1. The van der Waals surface area contributed by atoms with Gasteiger partial charge in [-0.1, -0.05) is 6.07 Å². The first kappa shape index (κ1) is 10.4. The minimum absolute atomic E-state index is 0.346. The van der Waals surface area contributed by atoms with Crippen molar-refractivity contribution in [1.82, 2.24) is 0 Å². The molecule has 1 unspecified atom stereocenters. The largest absolute Gasteiger partial charge is 0.399 e. The fraction of sp³-hybridized carbons (Fsp3) is 0.455. The SMILES string of the molecule is CC1(C)OCC(c2ccc(N)cc2F)O1. The molecule has 0 radical (unpaired) electrons. The summed E-state index contributed by atoms with van der Waals surface area (Å²) in [6, 6.07) is 4.59. The summed E-state index contributed by atoms with van der Waals surface area (Å²) in [7, 11) is 0. The number of ether oxygens (including phenoxy) is 2. The fourth-order valence-electron chi connectivity index (χ4n) is 1.64. The summed E-state index contributed by atoms with van der Waals surface area (Å²) in [5, 5.41) is 0. The van der Waals surface area contributed by atoms with E-state index >= 15 is 0 Å². The van der Waals surface area contributed by atoms with E-state index in [0.717, 1.165) is 0 Å². The van der Waals surface area contributed by atoms with E-state index in [2.05, 4.69) is 0 Å². The minimum atomic E-state index is -0.640. The van der Waals surface area contributed by atoms with Crippen molar-refractivity contribution in [3.8, 4) is 0 Å². The maximum Gasteiger partial charge on any atom is 0.163 e. The molecule has 0 aromatic heterocycles. The van der Waals surface area contributed by atoms with Gasteiger partial charge in [0.15, 0.2) is 5.79 Å². The van der Waals surface area contributed by atoms with Crippen molar-refractivity contribution in [3.05, 3.63) is 29.6 Å². The van der Waals surface area contributed by atoms with Gasteiger partial charge in [-0.15, -0.1) is 0 Å². The molecule has 0 spiro atoms. The molecule has 1 heterocycles. The van der Waals surface area contributed by atoms with Crippen LogP contribution in [0.4, 0.5) is 10.1 Å². The van der Waals surface area contributed by atoms with Crippen molar-refractivity contribution in [3.63, 3.8) is 0 Å². The Morgan fingerprint density at radius 1 is 1.47 bits per heavy atom. The average Bonchev–Trinajstić information content (AvgIpc) is 2.46. The molecule has 4 heteroatoms. The van der Waals surface area contributed by atoms with Crippen LogP contribution in [0.5, 0.6) is 0 Å². The highest BCUT2D eigenvalue weighted by Crippen LogP contribution is 2.34. The van der Waals surface area contributed by atoms with E-state index in [9.17, 15) is 4.39 Å². The third-order valence-corrected chi connectivity index (χ3v) is 2.38. The lowest BCUT2D eigenvalue weighted by Crippen LogP contribution is -2.19. The molecule has 82 valence electrons. The topological polar surface area (TPSA) is 44.5 Å². The Labute approximate surface area is 88.0 Å². The second-order valence-corrected chi connectivity index (χ2v) is 4.10. The number of rotatable bonds is 1. The Morgan fingerprint density at radius 3 is 2.73 bits per heavy atom. The lowest BCUT2D eigenvalue weighted by molar-refractivity contribution is -0.139. The molecule has 0 saturated carbocycles. The predicted molar refractivity (Wildman–Crippen MR) is 54.7 cm³/mol. The first-order chi connectivity index (χ1) is 6.98. The lowest BCUT2D eigenvalue weighted by Gasteiger charge is -2.17. The van der Waals surface area contributed by atoms with Gasteiger partial charge in [-0.3, -0.25) is 0 Å². The molecule has 1 atom stereocenters. The van der Waals surface area contributed by atoms with Crippen LogP contribution in [0.15, 0.2) is 18.2 Å². The van der Waals surface area contributed by atoms with Crippen LogP contribution in [0, 0.1) is 5.82 Å². The Balaban J connectivity index is 2.24. The van der Waals surface area contributed by atoms with E-state index in [4.69, 9.17) is 15.2 Å². The van der Waals surface area contributed by atoms with Gasteiger partial charge < -0.3 is 15.2 Å². The van der Waals surface area contributed by atoms with Gasteiger partial charge in [0.05, 0.1) is 6.61 Å². The monoisotopic (exact) mass is 211 g/mol. The summed E-state index contributed by atoms with van der Waals surface area (Å²) < 4.78 is 24.5. The Morgan fingerprint density at radius 2 is 2.20 bits per heavy atom. The molecule has 3 nitrogen and oxygen atoms in total. The highest BCUT2D eigenvalue weighted by atomic mass is 19.1. The zero-order valence-corrected chi connectivity index (χ0v) is 8.79. The number of nitrogens with two attached hydrogens (primary N) is 1. The fourth-order valence-corrected chi connectivity index (χ4v) is 1.64. The van der Waals surface area contributed by atoms with Gasteiger partial charge >= 0.3 is 0 Å². The number of anilines is 1. The molecule has 1 aromatic rings. The van der Waals surface area contributed by atoms with Crippen molar-refractivity contribution >= 4 is 5.69 Å². The molecular formula is C11H14FNO2. The van der Waals surface area contributed by atoms with Crippen LogP contribution in [-0.2, 0) is 9.47 Å². The first-order valence-corrected chi connectivity index (χ1v) is 4.85. The summed E-state index contributed by atoms with van der Waals surface area (Å²) in [6.45, 7) is 3.98. The van der Waals surface area contributed by atoms with E-state index in [-0.39, 0.29) is 11.9 Å². The molecule has 2 N–H and O–H groups in total. The van der Waals surface area contributed by atoms with Crippen LogP contribution in [0.1, 0.15) is 25.5 Å². The maximum atomic E-state index is 13.5. The second-order valence-electron chi connectivity index (χ2n) is 4.10. The van der Waals surface area contributed by atoms with E-state index in [1.54, 1.807) is 12.1 Å². The Bertz CT molecular complexity index is 379. The highest BCUT2D eigenvalue weighted by Gasteiger charge is 2.34. The molecule has 1 fully saturated rings. The van der Waals surface area contributed by atoms with Gasteiger partial charge in [0.2, 0.25) is 0 Å². The van der Waals surface area contributed by atoms with Gasteiger partial charge in [-0.05, 0) is 26.0 Å². The van der Waals surface area contributed by atoms with Crippen LogP contribution in [-0.4, -0.2) is 12.4 Å². The van der Waals surface area contributed by atoms with Gasteiger partial charge in [0.25, 0.3) is 0 Å². The maximum absolute atomic E-state index is 13.5. The molecule has 0 amide bonds. The summed E-state index contributed by atoms with van der Waals surface area (Å²) in [6.07, 6.45) is -0.347. The van der Waals surface area contributed by atoms with Crippen LogP contribution in [0.2, 0.25) is 0 Å². The number of benzene rings is 1. The minimum Gasteiger partial charge on any atom is -0.399 e. The molecule has 1 aliphatic heterocycles. The molecule has 2 rings (SSSR count). The van der Waals surface area contributed by atoms with Crippen molar-refractivity contribution in [2.75, 3.05) is 12.3 Å².